The van der Waals surface area contributed by atoms with Crippen LogP contribution in [0.25, 0.3) is 0 Å². The lowest BCUT2D eigenvalue weighted by molar-refractivity contribution is 0.497. The second-order valence-electron chi connectivity index (χ2n) is 3.24. The van der Waals surface area contributed by atoms with Crippen molar-refractivity contribution in [3.05, 3.63) is 37.0 Å². The van der Waals surface area contributed by atoms with Crippen LogP contribution in [-0.4, -0.2) is 13.1 Å². The van der Waals surface area contributed by atoms with E-state index in [2.05, 4.69) is 32.0 Å². The number of hydrogen-bond acceptors (Lipinski definition) is 1. The van der Waals surface area contributed by atoms with E-state index in [1.165, 1.54) is 24.0 Å². The molecule has 1 heteroatoms. The van der Waals surface area contributed by atoms with Crippen molar-refractivity contribution in [2.45, 2.75) is 59.9 Å². The molecule has 1 unspecified atom stereocenters. The predicted molar refractivity (Wildman–Crippen MR) is 83.5 cm³/mol. The first-order chi connectivity index (χ1) is 8.27. The monoisotopic (exact) mass is 239 g/mol. The molecule has 0 radical (unpaired) electrons. The molecule has 0 fully saturated rings. The Hall–Kier alpha value is -0.820. The molecule has 0 heterocycles. The Balaban J connectivity index is -0.000000285. The molecule has 1 atom stereocenters. The van der Waals surface area contributed by atoms with Crippen LogP contribution in [0.5, 0.6) is 0 Å². The molecular weight excluding hydrogens is 206 g/mol. The minimum Gasteiger partial charge on any atom is -0.317 e. The Morgan fingerprint density at radius 2 is 1.65 bits per heavy atom. The smallest absolute Gasteiger partial charge is 0.0107 e. The molecule has 0 bridgehead atoms. The second-order valence-corrected chi connectivity index (χ2v) is 3.24. The molecule has 0 aliphatic heterocycles. The van der Waals surface area contributed by atoms with Gasteiger partial charge in [-0.25, -0.2) is 0 Å². The summed E-state index contributed by atoms with van der Waals surface area (Å²) in [6.07, 6.45) is 5.66. The molecule has 0 spiro atoms. The summed E-state index contributed by atoms with van der Waals surface area (Å²) in [6.45, 7) is 20.0. The number of nitrogens with one attached hydrogen (secondary N) is 1. The zero-order valence-electron chi connectivity index (χ0n) is 12.9. The second kappa shape index (κ2) is 17.6. The lowest BCUT2D eigenvalue weighted by atomic mass is 9.89. The summed E-state index contributed by atoms with van der Waals surface area (Å²) >= 11 is 0. The molecular formula is C16H33N. The third kappa shape index (κ3) is 10.1. The van der Waals surface area contributed by atoms with Gasteiger partial charge >= 0.3 is 0 Å². The first-order valence-electron chi connectivity index (χ1n) is 6.76. The van der Waals surface area contributed by atoms with Crippen molar-refractivity contribution >= 4 is 0 Å². The van der Waals surface area contributed by atoms with E-state index in [0.29, 0.717) is 6.04 Å². The number of rotatable bonds is 2. The van der Waals surface area contributed by atoms with Crippen LogP contribution in [0.15, 0.2) is 37.0 Å². The van der Waals surface area contributed by atoms with Crippen LogP contribution >= 0.6 is 0 Å². The summed E-state index contributed by atoms with van der Waals surface area (Å²) in [5, 5.41) is 3.31. The van der Waals surface area contributed by atoms with Crippen LogP contribution < -0.4 is 5.32 Å². The number of hydrogen-bond donors (Lipinski definition) is 1. The molecule has 1 aliphatic carbocycles. The van der Waals surface area contributed by atoms with Crippen LogP contribution in [0.1, 0.15) is 53.9 Å². The van der Waals surface area contributed by atoms with E-state index in [1.54, 1.807) is 0 Å². The predicted octanol–water partition coefficient (Wildman–Crippen LogP) is 5.12. The van der Waals surface area contributed by atoms with Crippen molar-refractivity contribution in [1.82, 2.24) is 5.32 Å². The van der Waals surface area contributed by atoms with Gasteiger partial charge in [0.1, 0.15) is 0 Å². The molecule has 1 N–H and O–H groups in total. The molecule has 0 saturated carbocycles. The molecule has 1 aliphatic rings. The van der Waals surface area contributed by atoms with Crippen LogP contribution in [0, 0.1) is 0 Å². The molecule has 102 valence electrons. The van der Waals surface area contributed by atoms with Gasteiger partial charge in [-0.1, -0.05) is 45.9 Å². The standard InChI is InChI=1S/C10H17N.2C2H6.C2H4/c1-4-9-7-10(11-3)6-5-8(9)2;3*1-2/h4,10-11H,1,5-7H2,2-3H3;2*1-2H3;1-2H2. The van der Waals surface area contributed by atoms with Crippen molar-refractivity contribution in [3.8, 4) is 0 Å². The van der Waals surface area contributed by atoms with E-state index in [1.807, 2.05) is 40.8 Å². The highest BCUT2D eigenvalue weighted by Crippen LogP contribution is 2.24. The molecule has 1 nitrogen and oxygen atoms in total. The van der Waals surface area contributed by atoms with Gasteiger partial charge in [0.05, 0.1) is 0 Å². The van der Waals surface area contributed by atoms with E-state index in [4.69, 9.17) is 0 Å². The molecule has 0 aromatic carbocycles. The minimum atomic E-state index is 0.673. The summed E-state index contributed by atoms with van der Waals surface area (Å²) in [4.78, 5) is 0. The fourth-order valence-electron chi connectivity index (χ4n) is 1.60. The van der Waals surface area contributed by atoms with Gasteiger partial charge < -0.3 is 5.32 Å². The highest BCUT2D eigenvalue weighted by atomic mass is 14.9. The number of allylic oxidation sites excluding steroid dienone is 2. The molecule has 0 aromatic rings. The third-order valence-electron chi connectivity index (χ3n) is 2.54. The third-order valence-corrected chi connectivity index (χ3v) is 2.54. The highest BCUT2D eigenvalue weighted by Gasteiger charge is 2.14. The van der Waals surface area contributed by atoms with Gasteiger partial charge in [-0.05, 0) is 38.8 Å². The van der Waals surface area contributed by atoms with Crippen molar-refractivity contribution < 1.29 is 0 Å². The van der Waals surface area contributed by atoms with Gasteiger partial charge in [0.15, 0.2) is 0 Å². The average molecular weight is 239 g/mol. The summed E-state index contributed by atoms with van der Waals surface area (Å²) in [7, 11) is 2.03. The van der Waals surface area contributed by atoms with Gasteiger partial charge in [-0.3, -0.25) is 0 Å². The maximum Gasteiger partial charge on any atom is 0.0107 e. The fourth-order valence-corrected chi connectivity index (χ4v) is 1.60. The van der Waals surface area contributed by atoms with Gasteiger partial charge in [0.2, 0.25) is 0 Å². The molecule has 1 rings (SSSR count). The van der Waals surface area contributed by atoms with E-state index in [-0.39, 0.29) is 0 Å². The summed E-state index contributed by atoms with van der Waals surface area (Å²) in [6, 6.07) is 0.673. The van der Waals surface area contributed by atoms with E-state index in [9.17, 15) is 0 Å². The Morgan fingerprint density at radius 3 is 2.00 bits per heavy atom. The van der Waals surface area contributed by atoms with Gasteiger partial charge in [-0.15, -0.1) is 13.2 Å². The Morgan fingerprint density at radius 1 is 1.18 bits per heavy atom. The lowest BCUT2D eigenvalue weighted by Crippen LogP contribution is -2.27. The van der Waals surface area contributed by atoms with E-state index >= 15 is 0 Å². The van der Waals surface area contributed by atoms with Gasteiger partial charge in [0, 0.05) is 6.04 Å². The molecule has 17 heavy (non-hydrogen) atoms. The minimum absolute atomic E-state index is 0.673. The average Bonchev–Trinajstić information content (AvgIpc) is 2.46. The van der Waals surface area contributed by atoms with Crippen molar-refractivity contribution in [2.75, 3.05) is 7.05 Å². The zero-order valence-corrected chi connectivity index (χ0v) is 12.9. The topological polar surface area (TPSA) is 12.0 Å². The SMILES string of the molecule is C=C.C=CC1=C(C)CCC(NC)C1.CC.CC. The first kappa shape index (κ1) is 21.5. The van der Waals surface area contributed by atoms with Crippen LogP contribution in [0.3, 0.4) is 0 Å². The molecule has 0 saturated heterocycles. The highest BCUT2D eigenvalue weighted by molar-refractivity contribution is 5.26. The van der Waals surface area contributed by atoms with Gasteiger partial charge in [0.25, 0.3) is 0 Å². The Kier molecular flexibility index (Phi) is 22.2. The van der Waals surface area contributed by atoms with Gasteiger partial charge in [-0.2, -0.15) is 0 Å². The fraction of sp³-hybridized carbons (Fsp3) is 0.625. The quantitative estimate of drug-likeness (QED) is 0.660. The van der Waals surface area contributed by atoms with Crippen LogP contribution in [0.2, 0.25) is 0 Å². The Bertz CT molecular complexity index is 192. The van der Waals surface area contributed by atoms with Crippen LogP contribution in [-0.2, 0) is 0 Å². The van der Waals surface area contributed by atoms with E-state index < -0.39 is 0 Å². The Labute approximate surface area is 110 Å². The largest absolute Gasteiger partial charge is 0.317 e. The van der Waals surface area contributed by atoms with Crippen molar-refractivity contribution in [3.63, 3.8) is 0 Å². The summed E-state index contributed by atoms with van der Waals surface area (Å²) in [5.74, 6) is 0. The zero-order chi connectivity index (χ0) is 14.3. The summed E-state index contributed by atoms with van der Waals surface area (Å²) in [5.41, 5.74) is 2.96. The van der Waals surface area contributed by atoms with Crippen molar-refractivity contribution in [2.24, 2.45) is 0 Å². The normalized spacial score (nSPS) is 17.4. The lowest BCUT2D eigenvalue weighted by Gasteiger charge is -2.23. The maximum atomic E-state index is 3.82. The molecule has 0 aromatic heterocycles. The maximum absolute atomic E-state index is 3.82. The summed E-state index contributed by atoms with van der Waals surface area (Å²) < 4.78 is 0. The van der Waals surface area contributed by atoms with E-state index in [0.717, 1.165) is 6.42 Å². The van der Waals surface area contributed by atoms with Crippen LogP contribution in [0.4, 0.5) is 0 Å². The first-order valence-corrected chi connectivity index (χ1v) is 6.76. The molecule has 0 amide bonds. The van der Waals surface area contributed by atoms with Crippen molar-refractivity contribution in [1.29, 1.82) is 0 Å².